The van der Waals surface area contributed by atoms with Gasteiger partial charge in [-0.25, -0.2) is 4.79 Å². The predicted octanol–water partition coefficient (Wildman–Crippen LogP) is -1.03. The van der Waals surface area contributed by atoms with E-state index in [1.165, 1.54) is 0 Å². The average molecular weight is 205 g/mol. The van der Waals surface area contributed by atoms with E-state index in [0.29, 0.717) is 6.61 Å². The second kappa shape index (κ2) is 7.28. The summed E-state index contributed by atoms with van der Waals surface area (Å²) in [5.74, 6) is -1.79. The highest BCUT2D eigenvalue weighted by atomic mass is 16.5. The van der Waals surface area contributed by atoms with Gasteiger partial charge in [0.05, 0.1) is 6.54 Å². The third-order valence-corrected chi connectivity index (χ3v) is 1.36. The molecule has 0 spiro atoms. The quantitative estimate of drug-likeness (QED) is 0.462. The Labute approximate surface area is 81.9 Å². The summed E-state index contributed by atoms with van der Waals surface area (Å²) < 4.78 is 4.90. The monoisotopic (exact) mass is 205 g/mol. The van der Waals surface area contributed by atoms with Crippen molar-refractivity contribution in [1.29, 1.82) is 0 Å². The number of aliphatic hydroxyl groups is 1. The first-order valence-electron chi connectivity index (χ1n) is 4.33. The van der Waals surface area contributed by atoms with Crippen molar-refractivity contribution in [3.63, 3.8) is 0 Å². The van der Waals surface area contributed by atoms with Gasteiger partial charge in [0.2, 0.25) is 5.91 Å². The summed E-state index contributed by atoms with van der Waals surface area (Å²) in [4.78, 5) is 21.0. The molecule has 0 aromatic heterocycles. The van der Waals surface area contributed by atoms with Crippen LogP contribution in [0, 0.1) is 0 Å². The van der Waals surface area contributed by atoms with Gasteiger partial charge in [-0.1, -0.05) is 6.92 Å². The lowest BCUT2D eigenvalue weighted by Gasteiger charge is -2.07. The van der Waals surface area contributed by atoms with Crippen LogP contribution in [-0.2, 0) is 14.3 Å². The zero-order chi connectivity index (χ0) is 11.0. The van der Waals surface area contributed by atoms with Crippen LogP contribution in [0.3, 0.4) is 0 Å². The number of aliphatic carboxylic acids is 1. The molecule has 1 atom stereocenters. The molecule has 0 saturated heterocycles. The van der Waals surface area contributed by atoms with Crippen molar-refractivity contribution in [3.8, 4) is 0 Å². The van der Waals surface area contributed by atoms with Gasteiger partial charge in [-0.2, -0.15) is 0 Å². The lowest BCUT2D eigenvalue weighted by molar-refractivity contribution is -0.146. The van der Waals surface area contributed by atoms with Gasteiger partial charge in [-0.15, -0.1) is 0 Å². The van der Waals surface area contributed by atoms with E-state index in [2.05, 4.69) is 5.32 Å². The van der Waals surface area contributed by atoms with Crippen LogP contribution in [0.2, 0.25) is 0 Å². The van der Waals surface area contributed by atoms with Crippen LogP contribution in [0.4, 0.5) is 0 Å². The number of nitrogens with one attached hydrogen (secondary N) is 1. The number of carboxylic acids is 1. The minimum Gasteiger partial charge on any atom is -0.479 e. The molecule has 3 N–H and O–H groups in total. The Kier molecular flexibility index (Phi) is 6.69. The highest BCUT2D eigenvalue weighted by Crippen LogP contribution is 1.82. The van der Waals surface area contributed by atoms with Crippen LogP contribution in [0.1, 0.15) is 13.3 Å². The molecule has 0 aliphatic carbocycles. The standard InChI is InChI=1S/C8H15NO5/c1-2-3-14-5-7(11)9-4-6(10)8(12)13/h6,10H,2-5H2,1H3,(H,9,11)(H,12,13)/t6-/m0/s1. The van der Waals surface area contributed by atoms with E-state index in [9.17, 15) is 9.59 Å². The molecule has 6 heteroatoms. The Hall–Kier alpha value is -1.14. The van der Waals surface area contributed by atoms with Crippen LogP contribution in [-0.4, -0.2) is 48.0 Å². The number of rotatable bonds is 7. The van der Waals surface area contributed by atoms with Gasteiger partial charge < -0.3 is 20.3 Å². The maximum atomic E-state index is 10.9. The third-order valence-electron chi connectivity index (χ3n) is 1.36. The van der Waals surface area contributed by atoms with Crippen LogP contribution in [0.25, 0.3) is 0 Å². The molecular weight excluding hydrogens is 190 g/mol. The summed E-state index contributed by atoms with van der Waals surface area (Å²) in [6.45, 7) is 1.98. The molecule has 0 fully saturated rings. The molecule has 6 nitrogen and oxygen atoms in total. The van der Waals surface area contributed by atoms with Gasteiger partial charge in [0.15, 0.2) is 6.10 Å². The van der Waals surface area contributed by atoms with Gasteiger partial charge in [-0.05, 0) is 6.42 Å². The molecule has 0 heterocycles. The molecule has 82 valence electrons. The van der Waals surface area contributed by atoms with E-state index >= 15 is 0 Å². The van der Waals surface area contributed by atoms with Gasteiger partial charge in [0, 0.05) is 6.61 Å². The van der Waals surface area contributed by atoms with E-state index < -0.39 is 18.0 Å². The van der Waals surface area contributed by atoms with Crippen LogP contribution in [0.5, 0.6) is 0 Å². The van der Waals surface area contributed by atoms with E-state index in [4.69, 9.17) is 14.9 Å². The average Bonchev–Trinajstić information content (AvgIpc) is 2.14. The van der Waals surface area contributed by atoms with E-state index in [1.54, 1.807) is 0 Å². The zero-order valence-corrected chi connectivity index (χ0v) is 8.02. The molecule has 14 heavy (non-hydrogen) atoms. The smallest absolute Gasteiger partial charge is 0.334 e. The first kappa shape index (κ1) is 12.9. The number of amides is 1. The summed E-state index contributed by atoms with van der Waals surface area (Å²) in [5.41, 5.74) is 0. The van der Waals surface area contributed by atoms with Crippen molar-refractivity contribution in [2.24, 2.45) is 0 Å². The fourth-order valence-corrected chi connectivity index (χ4v) is 0.658. The predicted molar refractivity (Wildman–Crippen MR) is 47.8 cm³/mol. The highest BCUT2D eigenvalue weighted by Gasteiger charge is 2.13. The normalized spacial score (nSPS) is 12.1. The fourth-order valence-electron chi connectivity index (χ4n) is 0.658. The summed E-state index contributed by atoms with van der Waals surface area (Å²) in [6, 6.07) is 0. The minimum absolute atomic E-state index is 0.111. The molecule has 0 bridgehead atoms. The van der Waals surface area contributed by atoms with Crippen molar-refractivity contribution < 1.29 is 24.5 Å². The molecule has 1 amide bonds. The molecule has 0 aromatic carbocycles. The number of carbonyl (C=O) groups is 2. The van der Waals surface area contributed by atoms with Gasteiger partial charge in [0.1, 0.15) is 6.61 Å². The molecule has 0 aliphatic rings. The van der Waals surface area contributed by atoms with Crippen molar-refractivity contribution in [1.82, 2.24) is 5.32 Å². The molecule has 0 aliphatic heterocycles. The Balaban J connectivity index is 3.48. The molecule has 0 aromatic rings. The summed E-state index contributed by atoms with van der Waals surface area (Å²) in [5, 5.41) is 19.3. The molecule has 0 radical (unpaired) electrons. The molecular formula is C8H15NO5. The number of ether oxygens (including phenoxy) is 1. The SMILES string of the molecule is CCCOCC(=O)NC[C@H](O)C(=O)O. The first-order valence-corrected chi connectivity index (χ1v) is 4.33. The van der Waals surface area contributed by atoms with Crippen molar-refractivity contribution in [2.75, 3.05) is 19.8 Å². The first-order chi connectivity index (χ1) is 6.57. The summed E-state index contributed by atoms with van der Waals surface area (Å²) in [6.07, 6.45) is -0.754. The third kappa shape index (κ3) is 6.38. The lowest BCUT2D eigenvalue weighted by Crippen LogP contribution is -2.38. The molecule has 0 saturated carbocycles. The minimum atomic E-state index is -1.56. The number of hydrogen-bond acceptors (Lipinski definition) is 4. The second-order valence-electron chi connectivity index (χ2n) is 2.71. The summed E-state index contributed by atoms with van der Waals surface area (Å²) in [7, 11) is 0. The lowest BCUT2D eigenvalue weighted by atomic mass is 10.3. The highest BCUT2D eigenvalue weighted by molar-refractivity contribution is 5.78. The molecule has 0 unspecified atom stereocenters. The maximum Gasteiger partial charge on any atom is 0.334 e. The van der Waals surface area contributed by atoms with E-state index in [0.717, 1.165) is 6.42 Å². The van der Waals surface area contributed by atoms with Gasteiger partial charge in [-0.3, -0.25) is 4.79 Å². The molecule has 0 rings (SSSR count). The van der Waals surface area contributed by atoms with E-state index in [-0.39, 0.29) is 13.2 Å². The Morgan fingerprint density at radius 1 is 1.50 bits per heavy atom. The van der Waals surface area contributed by atoms with Crippen LogP contribution in [0.15, 0.2) is 0 Å². The van der Waals surface area contributed by atoms with Crippen LogP contribution >= 0.6 is 0 Å². The van der Waals surface area contributed by atoms with Gasteiger partial charge >= 0.3 is 5.97 Å². The van der Waals surface area contributed by atoms with Gasteiger partial charge in [0.25, 0.3) is 0 Å². The zero-order valence-electron chi connectivity index (χ0n) is 8.02. The number of aliphatic hydroxyl groups excluding tert-OH is 1. The number of carbonyl (C=O) groups excluding carboxylic acids is 1. The Morgan fingerprint density at radius 3 is 2.64 bits per heavy atom. The number of carboxylic acid groups (broad SMARTS) is 1. The van der Waals surface area contributed by atoms with Crippen molar-refractivity contribution in [2.45, 2.75) is 19.4 Å². The van der Waals surface area contributed by atoms with Crippen LogP contribution < -0.4 is 5.32 Å². The fraction of sp³-hybridized carbons (Fsp3) is 0.750. The maximum absolute atomic E-state index is 10.9. The number of hydrogen-bond donors (Lipinski definition) is 3. The summed E-state index contributed by atoms with van der Waals surface area (Å²) >= 11 is 0. The second-order valence-corrected chi connectivity index (χ2v) is 2.71. The Morgan fingerprint density at radius 2 is 2.14 bits per heavy atom. The van der Waals surface area contributed by atoms with Crippen molar-refractivity contribution in [3.05, 3.63) is 0 Å². The van der Waals surface area contributed by atoms with E-state index in [1.807, 2.05) is 6.92 Å². The van der Waals surface area contributed by atoms with Crippen molar-refractivity contribution >= 4 is 11.9 Å². The Bertz CT molecular complexity index is 194. The largest absolute Gasteiger partial charge is 0.479 e. The topological polar surface area (TPSA) is 95.9 Å².